The lowest BCUT2D eigenvalue weighted by Gasteiger charge is -2.23. The van der Waals surface area contributed by atoms with Crippen molar-refractivity contribution in [1.29, 1.82) is 0 Å². The number of carbonyl (C=O) groups excluding carboxylic acids is 2. The largest absolute Gasteiger partial charge is 0.466 e. The maximum absolute atomic E-state index is 12.6. The third-order valence-corrected chi connectivity index (χ3v) is 4.05. The highest BCUT2D eigenvalue weighted by molar-refractivity contribution is 5.95. The molecule has 5 heteroatoms. The van der Waals surface area contributed by atoms with Crippen LogP contribution in [0.1, 0.15) is 62.4 Å². The Bertz CT molecular complexity index is 534. The van der Waals surface area contributed by atoms with Gasteiger partial charge in [-0.3, -0.25) is 9.59 Å². The summed E-state index contributed by atoms with van der Waals surface area (Å²) in [5, 5.41) is 2.98. The summed E-state index contributed by atoms with van der Waals surface area (Å²) >= 11 is 0. The molecule has 0 aliphatic rings. The molecule has 0 saturated carbocycles. The van der Waals surface area contributed by atoms with Crippen LogP contribution in [0.15, 0.2) is 10.5 Å². The molecule has 0 aromatic carbocycles. The summed E-state index contributed by atoms with van der Waals surface area (Å²) < 4.78 is 5.44. The average Bonchev–Trinajstić information content (AvgIpc) is 2.81. The van der Waals surface area contributed by atoms with Gasteiger partial charge < -0.3 is 14.6 Å². The Labute approximate surface area is 139 Å². The van der Waals surface area contributed by atoms with Crippen molar-refractivity contribution < 1.29 is 14.0 Å². The maximum atomic E-state index is 12.6. The van der Waals surface area contributed by atoms with Gasteiger partial charge in [0.15, 0.2) is 0 Å². The number of hydrogen-bond donors (Lipinski definition) is 1. The molecule has 0 aliphatic heterocycles. The molecule has 0 radical (unpaired) electrons. The van der Waals surface area contributed by atoms with Gasteiger partial charge in [0.25, 0.3) is 5.91 Å². The van der Waals surface area contributed by atoms with Crippen LogP contribution < -0.4 is 5.32 Å². The molecule has 1 heterocycles. The van der Waals surface area contributed by atoms with Crippen LogP contribution in [0.4, 0.5) is 0 Å². The third-order valence-electron chi connectivity index (χ3n) is 4.05. The first kappa shape index (κ1) is 19.3. The highest BCUT2D eigenvalue weighted by Gasteiger charge is 2.21. The lowest BCUT2D eigenvalue weighted by atomic mass is 10.1. The average molecular weight is 322 g/mol. The molecule has 2 amide bonds. The highest BCUT2D eigenvalue weighted by Crippen LogP contribution is 2.16. The van der Waals surface area contributed by atoms with Gasteiger partial charge in [0.05, 0.1) is 5.56 Å². The van der Waals surface area contributed by atoms with E-state index in [0.29, 0.717) is 36.8 Å². The summed E-state index contributed by atoms with van der Waals surface area (Å²) in [5.41, 5.74) is 0.590. The number of nitrogens with zero attached hydrogens (tertiary/aromatic N) is 1. The van der Waals surface area contributed by atoms with Crippen LogP contribution in [0.3, 0.4) is 0 Å². The van der Waals surface area contributed by atoms with Crippen molar-refractivity contribution in [1.82, 2.24) is 10.2 Å². The van der Waals surface area contributed by atoms with E-state index in [1.165, 1.54) is 0 Å². The minimum atomic E-state index is -0.0640. The predicted molar refractivity (Wildman–Crippen MR) is 91.4 cm³/mol. The summed E-state index contributed by atoms with van der Waals surface area (Å²) in [4.78, 5) is 26.4. The Kier molecular flexibility index (Phi) is 7.33. The monoisotopic (exact) mass is 322 g/mol. The lowest BCUT2D eigenvalue weighted by Crippen LogP contribution is -2.39. The van der Waals surface area contributed by atoms with Gasteiger partial charge in [0, 0.05) is 25.6 Å². The molecular formula is C18H30N2O3. The number of nitrogens with one attached hydrogen (secondary N) is 1. The first-order valence-electron chi connectivity index (χ1n) is 8.41. The summed E-state index contributed by atoms with van der Waals surface area (Å²) in [6.45, 7) is 12.8. The van der Waals surface area contributed by atoms with Gasteiger partial charge >= 0.3 is 0 Å². The number of rotatable bonds is 8. The second kappa shape index (κ2) is 8.75. The van der Waals surface area contributed by atoms with Gasteiger partial charge in [0.1, 0.15) is 11.5 Å². The number of aryl methyl sites for hydroxylation is 2. The molecule has 1 rings (SSSR count). The van der Waals surface area contributed by atoms with E-state index in [4.69, 9.17) is 4.42 Å². The molecule has 0 fully saturated rings. The molecule has 1 aromatic rings. The Morgan fingerprint density at radius 1 is 1.22 bits per heavy atom. The second-order valence-electron chi connectivity index (χ2n) is 6.47. The SMILES string of the molecule is CCCN(CCC(=O)N[C@@H](C)C(C)C)C(=O)c1cc(C)oc1C. The quantitative estimate of drug-likeness (QED) is 0.799. The second-order valence-corrected chi connectivity index (χ2v) is 6.47. The first-order chi connectivity index (χ1) is 10.8. The van der Waals surface area contributed by atoms with E-state index in [2.05, 4.69) is 19.2 Å². The van der Waals surface area contributed by atoms with Crippen LogP contribution in [0.2, 0.25) is 0 Å². The predicted octanol–water partition coefficient (Wildman–Crippen LogP) is 3.30. The zero-order valence-electron chi connectivity index (χ0n) is 15.2. The fourth-order valence-corrected chi connectivity index (χ4v) is 2.33. The Balaban J connectivity index is 2.66. The van der Waals surface area contributed by atoms with Crippen molar-refractivity contribution >= 4 is 11.8 Å². The number of hydrogen-bond acceptors (Lipinski definition) is 3. The maximum Gasteiger partial charge on any atom is 0.257 e. The van der Waals surface area contributed by atoms with Crippen molar-refractivity contribution in [2.45, 2.75) is 60.4 Å². The van der Waals surface area contributed by atoms with Crippen molar-refractivity contribution in [3.8, 4) is 0 Å². The van der Waals surface area contributed by atoms with Crippen LogP contribution in [-0.2, 0) is 4.79 Å². The van der Waals surface area contributed by atoms with Gasteiger partial charge in [-0.2, -0.15) is 0 Å². The molecule has 1 aromatic heterocycles. The van der Waals surface area contributed by atoms with E-state index in [0.717, 1.165) is 12.2 Å². The van der Waals surface area contributed by atoms with E-state index < -0.39 is 0 Å². The minimum Gasteiger partial charge on any atom is -0.466 e. The van der Waals surface area contributed by atoms with Crippen LogP contribution >= 0.6 is 0 Å². The minimum absolute atomic E-state index is 0.0137. The Morgan fingerprint density at radius 2 is 1.87 bits per heavy atom. The highest BCUT2D eigenvalue weighted by atomic mass is 16.3. The Hall–Kier alpha value is -1.78. The van der Waals surface area contributed by atoms with Crippen LogP contribution in [0.5, 0.6) is 0 Å². The zero-order valence-corrected chi connectivity index (χ0v) is 15.2. The first-order valence-corrected chi connectivity index (χ1v) is 8.41. The van der Waals surface area contributed by atoms with Crippen LogP contribution in [0, 0.1) is 19.8 Å². The molecule has 1 atom stereocenters. The molecule has 0 unspecified atom stereocenters. The standard InChI is InChI=1S/C18H30N2O3/c1-7-9-20(10-8-17(21)19-14(5)12(2)3)18(22)16-11-13(4)23-15(16)6/h11-12,14H,7-10H2,1-6H3,(H,19,21)/t14-/m0/s1. The summed E-state index contributed by atoms with van der Waals surface area (Å²) in [7, 11) is 0. The van der Waals surface area contributed by atoms with Gasteiger partial charge in [-0.05, 0) is 39.2 Å². The van der Waals surface area contributed by atoms with Gasteiger partial charge in [-0.25, -0.2) is 0 Å². The molecule has 0 bridgehead atoms. The molecule has 0 saturated heterocycles. The number of amides is 2. The van der Waals surface area contributed by atoms with Gasteiger partial charge in [-0.15, -0.1) is 0 Å². The van der Waals surface area contributed by atoms with Gasteiger partial charge in [-0.1, -0.05) is 20.8 Å². The van der Waals surface area contributed by atoms with E-state index in [1.807, 2.05) is 20.8 Å². The molecule has 23 heavy (non-hydrogen) atoms. The topological polar surface area (TPSA) is 62.6 Å². The number of furan rings is 1. The molecule has 130 valence electrons. The van der Waals surface area contributed by atoms with Crippen molar-refractivity contribution in [2.75, 3.05) is 13.1 Å². The van der Waals surface area contributed by atoms with Crippen molar-refractivity contribution in [3.05, 3.63) is 23.2 Å². The van der Waals surface area contributed by atoms with E-state index in [9.17, 15) is 9.59 Å². The smallest absolute Gasteiger partial charge is 0.257 e. The Morgan fingerprint density at radius 3 is 2.35 bits per heavy atom. The van der Waals surface area contributed by atoms with E-state index in [-0.39, 0.29) is 17.9 Å². The molecule has 0 spiro atoms. The van der Waals surface area contributed by atoms with Crippen LogP contribution in [0.25, 0.3) is 0 Å². The molecule has 1 N–H and O–H groups in total. The van der Waals surface area contributed by atoms with E-state index in [1.54, 1.807) is 17.9 Å². The normalized spacial score (nSPS) is 12.3. The molecule has 0 aliphatic carbocycles. The fraction of sp³-hybridized carbons (Fsp3) is 0.667. The van der Waals surface area contributed by atoms with E-state index >= 15 is 0 Å². The zero-order chi connectivity index (χ0) is 17.6. The summed E-state index contributed by atoms with van der Waals surface area (Å²) in [6, 6.07) is 1.90. The van der Waals surface area contributed by atoms with Crippen molar-refractivity contribution in [2.24, 2.45) is 5.92 Å². The van der Waals surface area contributed by atoms with Crippen LogP contribution in [-0.4, -0.2) is 35.8 Å². The summed E-state index contributed by atoms with van der Waals surface area (Å²) in [5.74, 6) is 1.67. The summed E-state index contributed by atoms with van der Waals surface area (Å²) in [6.07, 6.45) is 1.17. The van der Waals surface area contributed by atoms with Crippen molar-refractivity contribution in [3.63, 3.8) is 0 Å². The molecular weight excluding hydrogens is 292 g/mol. The number of carbonyl (C=O) groups is 2. The molecule has 5 nitrogen and oxygen atoms in total. The third kappa shape index (κ3) is 5.73. The fourth-order valence-electron chi connectivity index (χ4n) is 2.33. The van der Waals surface area contributed by atoms with Gasteiger partial charge in [0.2, 0.25) is 5.91 Å². The lowest BCUT2D eigenvalue weighted by molar-refractivity contribution is -0.122.